The van der Waals surface area contributed by atoms with Gasteiger partial charge in [0.25, 0.3) is 11.8 Å². The minimum Gasteiger partial charge on any atom is -0.495 e. The van der Waals surface area contributed by atoms with Crippen molar-refractivity contribution in [2.45, 2.75) is 13.0 Å². The molecule has 182 valence electrons. The maximum atomic E-state index is 12.7. The number of ether oxygens (including phenoxy) is 4. The molecule has 0 spiro atoms. The molecule has 2 aromatic carbocycles. The number of rotatable bonds is 9. The van der Waals surface area contributed by atoms with E-state index in [-0.39, 0.29) is 24.2 Å². The van der Waals surface area contributed by atoms with Crippen LogP contribution in [0.1, 0.15) is 17.3 Å². The van der Waals surface area contributed by atoms with Crippen LogP contribution in [0, 0.1) is 0 Å². The second kappa shape index (κ2) is 11.9. The maximum absolute atomic E-state index is 12.7. The summed E-state index contributed by atoms with van der Waals surface area (Å²) in [7, 11) is 2.95. The molecule has 10 heteroatoms. The zero-order valence-electron chi connectivity index (χ0n) is 19.5. The lowest BCUT2D eigenvalue weighted by atomic mass is 10.1. The Morgan fingerprint density at radius 2 is 1.71 bits per heavy atom. The summed E-state index contributed by atoms with van der Waals surface area (Å²) < 4.78 is 21.4. The number of nitrogens with zero attached hydrogens (tertiary/aromatic N) is 1. The SMILES string of the molecule is COc1ccccc1NC(=O)COc1ccc(C(=O)NC(C)C(=O)N2CCOCC2)cc1OC. The molecule has 0 bridgehead atoms. The van der Waals surface area contributed by atoms with Crippen molar-refractivity contribution in [3.05, 3.63) is 48.0 Å². The Morgan fingerprint density at radius 1 is 1.00 bits per heavy atom. The first kappa shape index (κ1) is 24.8. The summed E-state index contributed by atoms with van der Waals surface area (Å²) in [6, 6.07) is 10.9. The standard InChI is InChI=1S/C24H29N3O7/c1-16(24(30)27-10-12-33-13-11-27)25-23(29)17-8-9-20(21(14-17)32-3)34-15-22(28)26-18-6-4-5-7-19(18)31-2/h4-9,14,16H,10-13,15H2,1-3H3,(H,25,29)(H,26,28). The molecule has 0 aromatic heterocycles. The molecular weight excluding hydrogens is 442 g/mol. The van der Waals surface area contributed by atoms with E-state index >= 15 is 0 Å². The minimum absolute atomic E-state index is 0.162. The molecule has 1 aliphatic rings. The number of para-hydroxylation sites is 2. The van der Waals surface area contributed by atoms with Crippen LogP contribution in [-0.2, 0) is 14.3 Å². The Labute approximate surface area is 198 Å². The van der Waals surface area contributed by atoms with Gasteiger partial charge in [0.2, 0.25) is 5.91 Å². The lowest BCUT2D eigenvalue weighted by molar-refractivity contribution is -0.136. The highest BCUT2D eigenvalue weighted by atomic mass is 16.5. The van der Waals surface area contributed by atoms with Crippen molar-refractivity contribution < 1.29 is 33.3 Å². The van der Waals surface area contributed by atoms with Gasteiger partial charge in [-0.2, -0.15) is 0 Å². The summed E-state index contributed by atoms with van der Waals surface area (Å²) in [5.41, 5.74) is 0.822. The van der Waals surface area contributed by atoms with Gasteiger partial charge in [0.05, 0.1) is 33.1 Å². The molecule has 10 nitrogen and oxygen atoms in total. The molecule has 1 fully saturated rings. The summed E-state index contributed by atoms with van der Waals surface area (Å²) in [5.74, 6) is 0.142. The van der Waals surface area contributed by atoms with Crippen LogP contribution >= 0.6 is 0 Å². The monoisotopic (exact) mass is 471 g/mol. The van der Waals surface area contributed by atoms with E-state index < -0.39 is 11.9 Å². The third kappa shape index (κ3) is 6.38. The lowest BCUT2D eigenvalue weighted by Gasteiger charge is -2.29. The average molecular weight is 472 g/mol. The molecule has 1 aliphatic heterocycles. The number of nitrogens with one attached hydrogen (secondary N) is 2. The van der Waals surface area contributed by atoms with Crippen molar-refractivity contribution >= 4 is 23.4 Å². The zero-order chi connectivity index (χ0) is 24.5. The van der Waals surface area contributed by atoms with E-state index in [1.54, 1.807) is 42.2 Å². The Bertz CT molecular complexity index is 1020. The maximum Gasteiger partial charge on any atom is 0.262 e. The first-order valence-corrected chi connectivity index (χ1v) is 10.8. The Kier molecular flexibility index (Phi) is 8.69. The molecule has 2 N–H and O–H groups in total. The van der Waals surface area contributed by atoms with E-state index in [2.05, 4.69) is 10.6 Å². The molecule has 1 atom stereocenters. The number of amides is 3. The number of carbonyl (C=O) groups excluding carboxylic acids is 3. The van der Waals surface area contributed by atoms with Crippen molar-refractivity contribution in [1.29, 1.82) is 0 Å². The number of hydrogen-bond acceptors (Lipinski definition) is 7. The molecule has 0 saturated carbocycles. The fraction of sp³-hybridized carbons (Fsp3) is 0.375. The normalized spacial score (nSPS) is 14.0. The molecule has 3 rings (SSSR count). The van der Waals surface area contributed by atoms with Gasteiger partial charge in [0.15, 0.2) is 18.1 Å². The van der Waals surface area contributed by atoms with Crippen molar-refractivity contribution in [3.8, 4) is 17.2 Å². The van der Waals surface area contributed by atoms with E-state index in [0.29, 0.717) is 49.1 Å². The molecule has 1 heterocycles. The van der Waals surface area contributed by atoms with Gasteiger partial charge in [0.1, 0.15) is 11.8 Å². The number of methoxy groups -OCH3 is 2. The van der Waals surface area contributed by atoms with E-state index in [1.165, 1.54) is 26.4 Å². The van der Waals surface area contributed by atoms with Crippen molar-refractivity contribution in [2.24, 2.45) is 0 Å². The molecule has 1 unspecified atom stereocenters. The number of carbonyl (C=O) groups is 3. The molecule has 2 aromatic rings. The predicted octanol–water partition coefficient (Wildman–Crippen LogP) is 1.70. The van der Waals surface area contributed by atoms with Crippen LogP contribution in [0.3, 0.4) is 0 Å². The quantitative estimate of drug-likeness (QED) is 0.572. The summed E-state index contributed by atoms with van der Waals surface area (Å²) in [4.78, 5) is 39.2. The summed E-state index contributed by atoms with van der Waals surface area (Å²) >= 11 is 0. The van der Waals surface area contributed by atoms with Crippen LogP contribution in [-0.4, -0.2) is 75.8 Å². The van der Waals surface area contributed by atoms with Gasteiger partial charge in [0, 0.05) is 18.7 Å². The molecular formula is C24H29N3O7. The first-order chi connectivity index (χ1) is 16.4. The van der Waals surface area contributed by atoms with Crippen LogP contribution in [0.15, 0.2) is 42.5 Å². The highest BCUT2D eigenvalue weighted by Gasteiger charge is 2.24. The zero-order valence-corrected chi connectivity index (χ0v) is 19.5. The second-order valence-electron chi connectivity index (χ2n) is 7.54. The van der Waals surface area contributed by atoms with Gasteiger partial charge in [-0.25, -0.2) is 0 Å². The Hall–Kier alpha value is -3.79. The highest BCUT2D eigenvalue weighted by molar-refractivity contribution is 5.98. The van der Waals surface area contributed by atoms with Crippen LogP contribution in [0.5, 0.6) is 17.2 Å². The van der Waals surface area contributed by atoms with Crippen LogP contribution in [0.4, 0.5) is 5.69 Å². The smallest absolute Gasteiger partial charge is 0.262 e. The molecule has 0 aliphatic carbocycles. The minimum atomic E-state index is -0.689. The van der Waals surface area contributed by atoms with Gasteiger partial charge >= 0.3 is 0 Å². The molecule has 1 saturated heterocycles. The fourth-order valence-corrected chi connectivity index (χ4v) is 3.40. The van der Waals surface area contributed by atoms with E-state index in [0.717, 1.165) is 0 Å². The number of hydrogen-bond donors (Lipinski definition) is 2. The van der Waals surface area contributed by atoms with E-state index in [1.807, 2.05) is 0 Å². The first-order valence-electron chi connectivity index (χ1n) is 10.8. The van der Waals surface area contributed by atoms with Gasteiger partial charge < -0.3 is 34.5 Å². The topological polar surface area (TPSA) is 115 Å². The van der Waals surface area contributed by atoms with Crippen LogP contribution < -0.4 is 24.8 Å². The number of anilines is 1. The Morgan fingerprint density at radius 3 is 2.41 bits per heavy atom. The summed E-state index contributed by atoms with van der Waals surface area (Å²) in [5, 5.41) is 5.43. The molecule has 3 amide bonds. The summed E-state index contributed by atoms with van der Waals surface area (Å²) in [6.07, 6.45) is 0. The third-order valence-corrected chi connectivity index (χ3v) is 5.21. The number of morpholine rings is 1. The average Bonchev–Trinajstić information content (AvgIpc) is 2.87. The number of benzene rings is 2. The molecule has 34 heavy (non-hydrogen) atoms. The largest absolute Gasteiger partial charge is 0.495 e. The van der Waals surface area contributed by atoms with Crippen LogP contribution in [0.2, 0.25) is 0 Å². The van der Waals surface area contributed by atoms with Crippen molar-refractivity contribution in [1.82, 2.24) is 10.2 Å². The van der Waals surface area contributed by atoms with Gasteiger partial charge in [-0.15, -0.1) is 0 Å². The molecule has 0 radical (unpaired) electrons. The van der Waals surface area contributed by atoms with Crippen molar-refractivity contribution in [3.63, 3.8) is 0 Å². The second-order valence-corrected chi connectivity index (χ2v) is 7.54. The highest BCUT2D eigenvalue weighted by Crippen LogP contribution is 2.28. The van der Waals surface area contributed by atoms with Gasteiger partial charge in [-0.3, -0.25) is 14.4 Å². The fourth-order valence-electron chi connectivity index (χ4n) is 3.40. The van der Waals surface area contributed by atoms with Crippen molar-refractivity contribution in [2.75, 3.05) is 52.4 Å². The van der Waals surface area contributed by atoms with E-state index in [9.17, 15) is 14.4 Å². The van der Waals surface area contributed by atoms with E-state index in [4.69, 9.17) is 18.9 Å². The third-order valence-electron chi connectivity index (χ3n) is 5.21. The van der Waals surface area contributed by atoms with Gasteiger partial charge in [-0.1, -0.05) is 12.1 Å². The predicted molar refractivity (Wildman–Crippen MR) is 124 cm³/mol. The lowest BCUT2D eigenvalue weighted by Crippen LogP contribution is -2.50. The Balaban J connectivity index is 1.58. The summed E-state index contributed by atoms with van der Waals surface area (Å²) in [6.45, 7) is 3.35. The van der Waals surface area contributed by atoms with Gasteiger partial charge in [-0.05, 0) is 37.3 Å². The van der Waals surface area contributed by atoms with Crippen LogP contribution in [0.25, 0.3) is 0 Å².